The summed E-state index contributed by atoms with van der Waals surface area (Å²) in [6.45, 7) is 2.51. The van der Waals surface area contributed by atoms with Crippen LogP contribution in [-0.2, 0) is 6.54 Å². The molecule has 0 fully saturated rings. The van der Waals surface area contributed by atoms with E-state index in [1.165, 1.54) is 0 Å². The zero-order valence-electron chi connectivity index (χ0n) is 16.0. The highest BCUT2D eigenvalue weighted by atomic mass is 16.5. The van der Waals surface area contributed by atoms with Crippen molar-refractivity contribution < 1.29 is 14.2 Å². The van der Waals surface area contributed by atoms with E-state index in [0.29, 0.717) is 23.8 Å². The van der Waals surface area contributed by atoms with Crippen LogP contribution in [0, 0.1) is 18.4 Å². The van der Waals surface area contributed by atoms with Crippen LogP contribution in [0.2, 0.25) is 0 Å². The first-order valence-electron chi connectivity index (χ1n) is 8.29. The number of hydrogen-bond acceptors (Lipinski definition) is 7. The molecule has 2 heterocycles. The third-order valence-electron chi connectivity index (χ3n) is 4.21. The highest BCUT2D eigenvalue weighted by Crippen LogP contribution is 2.37. The molecule has 8 nitrogen and oxygen atoms in total. The SMILES string of the molecule is COc1cc(-c2cc(OC#N)c3nnc(C)n3c2)cc(OC)c1CN(C)C. The standard InChI is InChI=1S/C19H21N5O3/c1-12-21-22-19-18(27-11-20)8-14(9-24(12)19)13-6-16(25-4)15(10-23(2)3)17(7-13)26-5/h6-9H,10H2,1-5H3. The van der Waals surface area contributed by atoms with Gasteiger partial charge in [0.15, 0.2) is 5.75 Å². The number of rotatable bonds is 6. The topological polar surface area (TPSA) is 84.9 Å². The van der Waals surface area contributed by atoms with Crippen LogP contribution in [0.15, 0.2) is 24.4 Å². The number of nitrogens with zero attached hydrogens (tertiary/aromatic N) is 5. The van der Waals surface area contributed by atoms with Crippen molar-refractivity contribution in [3.05, 3.63) is 35.8 Å². The van der Waals surface area contributed by atoms with Gasteiger partial charge in [0, 0.05) is 18.3 Å². The number of aryl methyl sites for hydroxylation is 1. The van der Waals surface area contributed by atoms with Crippen LogP contribution in [0.5, 0.6) is 17.2 Å². The van der Waals surface area contributed by atoms with Crippen LogP contribution in [0.4, 0.5) is 0 Å². The molecule has 0 unspecified atom stereocenters. The Labute approximate surface area is 157 Å². The fourth-order valence-electron chi connectivity index (χ4n) is 2.98. The Morgan fingerprint density at radius 1 is 1.04 bits per heavy atom. The highest BCUT2D eigenvalue weighted by Gasteiger charge is 2.17. The van der Waals surface area contributed by atoms with Crippen molar-refractivity contribution in [2.75, 3.05) is 28.3 Å². The van der Waals surface area contributed by atoms with Crippen LogP contribution in [0.25, 0.3) is 16.8 Å². The monoisotopic (exact) mass is 367 g/mol. The van der Waals surface area contributed by atoms with E-state index in [0.717, 1.165) is 28.2 Å². The molecule has 0 amide bonds. The number of methoxy groups -OCH3 is 2. The zero-order chi connectivity index (χ0) is 19.6. The molecule has 3 rings (SSSR count). The molecule has 3 aromatic rings. The summed E-state index contributed by atoms with van der Waals surface area (Å²) < 4.78 is 18.1. The van der Waals surface area contributed by atoms with E-state index < -0.39 is 0 Å². The normalized spacial score (nSPS) is 10.9. The Hall–Kier alpha value is -3.31. The second-order valence-corrected chi connectivity index (χ2v) is 6.32. The lowest BCUT2D eigenvalue weighted by Crippen LogP contribution is -2.12. The van der Waals surface area contributed by atoms with Crippen LogP contribution in [0.1, 0.15) is 11.4 Å². The van der Waals surface area contributed by atoms with Gasteiger partial charge in [-0.2, -0.15) is 0 Å². The van der Waals surface area contributed by atoms with E-state index in [-0.39, 0.29) is 0 Å². The van der Waals surface area contributed by atoms with Crippen molar-refractivity contribution in [1.29, 1.82) is 5.26 Å². The second-order valence-electron chi connectivity index (χ2n) is 6.32. The van der Waals surface area contributed by atoms with Crippen molar-refractivity contribution in [2.45, 2.75) is 13.5 Å². The minimum Gasteiger partial charge on any atom is -0.496 e. The van der Waals surface area contributed by atoms with E-state index in [2.05, 4.69) is 10.2 Å². The molecule has 0 saturated carbocycles. The number of pyridine rings is 1. The molecule has 0 spiro atoms. The van der Waals surface area contributed by atoms with Crippen LogP contribution < -0.4 is 14.2 Å². The van der Waals surface area contributed by atoms with E-state index in [9.17, 15) is 0 Å². The average Bonchev–Trinajstić information content (AvgIpc) is 3.03. The molecule has 0 saturated heterocycles. The Morgan fingerprint density at radius 2 is 1.67 bits per heavy atom. The maximum absolute atomic E-state index is 8.96. The van der Waals surface area contributed by atoms with Gasteiger partial charge in [-0.05, 0) is 44.8 Å². The van der Waals surface area contributed by atoms with Gasteiger partial charge in [-0.1, -0.05) is 0 Å². The van der Waals surface area contributed by atoms with Crippen molar-refractivity contribution in [1.82, 2.24) is 19.5 Å². The first-order valence-corrected chi connectivity index (χ1v) is 8.29. The lowest BCUT2D eigenvalue weighted by atomic mass is 10.0. The minimum absolute atomic E-state index is 0.339. The first-order chi connectivity index (χ1) is 13.0. The first kappa shape index (κ1) is 18.5. The number of benzene rings is 1. The Bertz CT molecular complexity index is 995. The van der Waals surface area contributed by atoms with Gasteiger partial charge in [0.1, 0.15) is 17.3 Å². The smallest absolute Gasteiger partial charge is 0.292 e. The molecule has 0 radical (unpaired) electrons. The van der Waals surface area contributed by atoms with E-state index >= 15 is 0 Å². The minimum atomic E-state index is 0.339. The molecule has 0 aliphatic heterocycles. The van der Waals surface area contributed by atoms with Gasteiger partial charge in [-0.3, -0.25) is 4.40 Å². The molecule has 8 heteroatoms. The highest BCUT2D eigenvalue weighted by molar-refractivity contribution is 5.73. The fraction of sp³-hybridized carbons (Fsp3) is 0.316. The van der Waals surface area contributed by atoms with E-state index in [1.807, 2.05) is 44.2 Å². The Balaban J connectivity index is 2.21. The molecule has 0 N–H and O–H groups in total. The molecular formula is C19H21N5O3. The van der Waals surface area contributed by atoms with Crippen molar-refractivity contribution in [2.24, 2.45) is 0 Å². The predicted molar refractivity (Wildman–Crippen MR) is 99.9 cm³/mol. The summed E-state index contributed by atoms with van der Waals surface area (Å²) >= 11 is 0. The summed E-state index contributed by atoms with van der Waals surface area (Å²) in [7, 11) is 7.24. The van der Waals surface area contributed by atoms with Crippen molar-refractivity contribution >= 4 is 5.65 Å². The van der Waals surface area contributed by atoms with Crippen molar-refractivity contribution in [3.8, 4) is 34.6 Å². The van der Waals surface area contributed by atoms with Gasteiger partial charge < -0.3 is 19.1 Å². The van der Waals surface area contributed by atoms with Gasteiger partial charge in [0.25, 0.3) is 6.26 Å². The summed E-state index contributed by atoms with van der Waals surface area (Å²) in [4.78, 5) is 2.05. The fourth-order valence-corrected chi connectivity index (χ4v) is 2.98. The number of fused-ring (bicyclic) bond motifs is 1. The summed E-state index contributed by atoms with van der Waals surface area (Å²) in [5.74, 6) is 2.48. The number of ether oxygens (including phenoxy) is 3. The van der Waals surface area contributed by atoms with Gasteiger partial charge in [-0.15, -0.1) is 15.5 Å². The van der Waals surface area contributed by atoms with Gasteiger partial charge >= 0.3 is 0 Å². The van der Waals surface area contributed by atoms with Gasteiger partial charge in [0.2, 0.25) is 5.65 Å². The summed E-state index contributed by atoms with van der Waals surface area (Å²) in [5.41, 5.74) is 3.14. The van der Waals surface area contributed by atoms with Crippen LogP contribution >= 0.6 is 0 Å². The number of hydrogen-bond donors (Lipinski definition) is 0. The molecule has 27 heavy (non-hydrogen) atoms. The van der Waals surface area contributed by atoms with Crippen LogP contribution in [-0.4, -0.2) is 47.8 Å². The lowest BCUT2D eigenvalue weighted by Gasteiger charge is -2.18. The van der Waals surface area contributed by atoms with Crippen molar-refractivity contribution in [3.63, 3.8) is 0 Å². The van der Waals surface area contributed by atoms with Crippen LogP contribution in [0.3, 0.4) is 0 Å². The maximum Gasteiger partial charge on any atom is 0.292 e. The van der Waals surface area contributed by atoms with E-state index in [1.54, 1.807) is 30.9 Å². The lowest BCUT2D eigenvalue weighted by molar-refractivity contribution is 0.349. The molecule has 1 aromatic carbocycles. The molecule has 0 atom stereocenters. The van der Waals surface area contributed by atoms with Gasteiger partial charge in [-0.25, -0.2) is 0 Å². The number of nitriles is 1. The maximum atomic E-state index is 8.96. The summed E-state index contributed by atoms with van der Waals surface area (Å²) in [6.07, 6.45) is 3.60. The molecular weight excluding hydrogens is 346 g/mol. The van der Waals surface area contributed by atoms with E-state index in [4.69, 9.17) is 19.5 Å². The quantitative estimate of drug-likeness (QED) is 0.619. The van der Waals surface area contributed by atoms with Gasteiger partial charge in [0.05, 0.1) is 19.8 Å². The summed E-state index contributed by atoms with van der Waals surface area (Å²) in [6, 6.07) is 5.64. The molecule has 2 aromatic heterocycles. The largest absolute Gasteiger partial charge is 0.496 e. The third-order valence-corrected chi connectivity index (χ3v) is 4.21. The predicted octanol–water partition coefficient (Wildman–Crippen LogP) is 2.64. The third kappa shape index (κ3) is 3.50. The number of aromatic nitrogens is 3. The Kier molecular flexibility index (Phi) is 5.14. The molecule has 0 aliphatic rings. The molecule has 140 valence electrons. The second kappa shape index (κ2) is 7.51. The average molecular weight is 367 g/mol. The zero-order valence-corrected chi connectivity index (χ0v) is 16.0. The Morgan fingerprint density at radius 3 is 2.22 bits per heavy atom. The molecule has 0 bridgehead atoms. The summed E-state index contributed by atoms with van der Waals surface area (Å²) in [5, 5.41) is 17.1. The molecule has 0 aliphatic carbocycles.